The average molecular weight is 277 g/mol. The van der Waals surface area contributed by atoms with Gasteiger partial charge in [-0.2, -0.15) is 0 Å². The Kier molecular flexibility index (Phi) is 5.56. The van der Waals surface area contributed by atoms with E-state index in [-0.39, 0.29) is 12.5 Å². The number of hydrogen-bond donors (Lipinski definition) is 3. The largest absolute Gasteiger partial charge is 0.481 e. The minimum absolute atomic E-state index is 0.0771. The SMILES string of the molecule is O=C(O)Cc1ccc(CNCC2CCCC(O)C2)cc1. The van der Waals surface area contributed by atoms with E-state index in [2.05, 4.69) is 5.32 Å². The third-order valence-electron chi connectivity index (χ3n) is 3.90. The second-order valence-corrected chi connectivity index (χ2v) is 5.70. The van der Waals surface area contributed by atoms with E-state index < -0.39 is 5.97 Å². The van der Waals surface area contributed by atoms with Crippen molar-refractivity contribution in [2.24, 2.45) is 5.92 Å². The van der Waals surface area contributed by atoms with E-state index in [0.717, 1.165) is 43.5 Å². The summed E-state index contributed by atoms with van der Waals surface area (Å²) in [6.45, 7) is 1.73. The Morgan fingerprint density at radius 2 is 1.90 bits per heavy atom. The molecule has 3 N–H and O–H groups in total. The van der Waals surface area contributed by atoms with Gasteiger partial charge >= 0.3 is 5.97 Å². The fourth-order valence-corrected chi connectivity index (χ4v) is 2.82. The lowest BCUT2D eigenvalue weighted by molar-refractivity contribution is -0.136. The molecule has 4 heteroatoms. The van der Waals surface area contributed by atoms with Crippen LogP contribution in [0.4, 0.5) is 0 Å². The average Bonchev–Trinajstić information content (AvgIpc) is 2.40. The standard InChI is InChI=1S/C16H23NO3/c18-15-3-1-2-14(8-15)11-17-10-13-6-4-12(5-7-13)9-16(19)20/h4-7,14-15,17-18H,1-3,8-11H2,(H,19,20). The molecule has 20 heavy (non-hydrogen) atoms. The van der Waals surface area contributed by atoms with Crippen molar-refractivity contribution in [3.05, 3.63) is 35.4 Å². The van der Waals surface area contributed by atoms with Crippen LogP contribution in [0.5, 0.6) is 0 Å². The maximum Gasteiger partial charge on any atom is 0.307 e. The van der Waals surface area contributed by atoms with Crippen molar-refractivity contribution in [3.63, 3.8) is 0 Å². The molecular formula is C16H23NO3. The maximum atomic E-state index is 10.6. The number of aliphatic hydroxyl groups is 1. The van der Waals surface area contributed by atoms with Crippen LogP contribution in [-0.2, 0) is 17.8 Å². The Morgan fingerprint density at radius 3 is 2.55 bits per heavy atom. The molecule has 0 amide bonds. The van der Waals surface area contributed by atoms with Gasteiger partial charge in [-0.3, -0.25) is 4.79 Å². The summed E-state index contributed by atoms with van der Waals surface area (Å²) in [7, 11) is 0. The van der Waals surface area contributed by atoms with Gasteiger partial charge in [0.15, 0.2) is 0 Å². The predicted octanol–water partition coefficient (Wildman–Crippen LogP) is 1.95. The second-order valence-electron chi connectivity index (χ2n) is 5.70. The van der Waals surface area contributed by atoms with E-state index in [0.29, 0.717) is 5.92 Å². The first-order valence-electron chi connectivity index (χ1n) is 7.32. The number of benzene rings is 1. The molecule has 0 bridgehead atoms. The van der Waals surface area contributed by atoms with Crippen LogP contribution in [0, 0.1) is 5.92 Å². The first-order valence-corrected chi connectivity index (χ1v) is 7.32. The Balaban J connectivity index is 1.72. The van der Waals surface area contributed by atoms with Gasteiger partial charge in [0.25, 0.3) is 0 Å². The van der Waals surface area contributed by atoms with Crippen molar-refractivity contribution >= 4 is 5.97 Å². The monoisotopic (exact) mass is 277 g/mol. The summed E-state index contributed by atoms with van der Waals surface area (Å²) >= 11 is 0. The van der Waals surface area contributed by atoms with Crippen LogP contribution in [-0.4, -0.2) is 28.8 Å². The molecule has 1 aromatic carbocycles. The molecule has 2 unspecified atom stereocenters. The summed E-state index contributed by atoms with van der Waals surface area (Å²) in [4.78, 5) is 10.6. The molecule has 0 radical (unpaired) electrons. The number of nitrogens with one attached hydrogen (secondary N) is 1. The summed E-state index contributed by atoms with van der Waals surface area (Å²) in [5.74, 6) is -0.225. The summed E-state index contributed by atoms with van der Waals surface area (Å²) in [5, 5.41) is 21.8. The van der Waals surface area contributed by atoms with Crippen molar-refractivity contribution in [1.29, 1.82) is 0 Å². The highest BCUT2D eigenvalue weighted by atomic mass is 16.4. The first kappa shape index (κ1) is 15.0. The topological polar surface area (TPSA) is 69.6 Å². The molecule has 1 aliphatic rings. The van der Waals surface area contributed by atoms with E-state index in [1.807, 2.05) is 24.3 Å². The Bertz CT molecular complexity index is 430. The van der Waals surface area contributed by atoms with E-state index in [9.17, 15) is 9.90 Å². The number of rotatable bonds is 6. The minimum Gasteiger partial charge on any atom is -0.481 e. The molecule has 2 atom stereocenters. The lowest BCUT2D eigenvalue weighted by atomic mass is 9.87. The van der Waals surface area contributed by atoms with Gasteiger partial charge in [-0.1, -0.05) is 30.7 Å². The zero-order valence-corrected chi connectivity index (χ0v) is 11.7. The Labute approximate surface area is 119 Å². The molecule has 4 nitrogen and oxygen atoms in total. The summed E-state index contributed by atoms with van der Waals surface area (Å²) in [6, 6.07) is 7.69. The smallest absolute Gasteiger partial charge is 0.307 e. The minimum atomic E-state index is -0.799. The lowest BCUT2D eigenvalue weighted by Crippen LogP contribution is -2.28. The van der Waals surface area contributed by atoms with E-state index in [1.165, 1.54) is 6.42 Å². The van der Waals surface area contributed by atoms with Crippen LogP contribution < -0.4 is 5.32 Å². The van der Waals surface area contributed by atoms with Crippen molar-refractivity contribution in [3.8, 4) is 0 Å². The number of aliphatic carboxylic acids is 1. The van der Waals surface area contributed by atoms with Gasteiger partial charge in [-0.25, -0.2) is 0 Å². The highest BCUT2D eigenvalue weighted by molar-refractivity contribution is 5.70. The van der Waals surface area contributed by atoms with Crippen LogP contribution >= 0.6 is 0 Å². The van der Waals surface area contributed by atoms with E-state index >= 15 is 0 Å². The third kappa shape index (κ3) is 4.94. The molecule has 0 spiro atoms. The molecule has 0 saturated heterocycles. The molecule has 1 fully saturated rings. The molecule has 1 aromatic rings. The molecule has 0 aliphatic heterocycles. The number of carboxylic acids is 1. The maximum absolute atomic E-state index is 10.6. The van der Waals surface area contributed by atoms with E-state index in [4.69, 9.17) is 5.11 Å². The van der Waals surface area contributed by atoms with Gasteiger partial charge in [-0.05, 0) is 42.9 Å². The molecule has 2 rings (SSSR count). The third-order valence-corrected chi connectivity index (χ3v) is 3.90. The normalized spacial score (nSPS) is 22.6. The van der Waals surface area contributed by atoms with Gasteiger partial charge in [0.05, 0.1) is 12.5 Å². The number of hydrogen-bond acceptors (Lipinski definition) is 3. The molecule has 1 aliphatic carbocycles. The van der Waals surface area contributed by atoms with Crippen molar-refractivity contribution in [1.82, 2.24) is 5.32 Å². The van der Waals surface area contributed by atoms with Crippen LogP contribution in [0.3, 0.4) is 0 Å². The Hall–Kier alpha value is -1.39. The van der Waals surface area contributed by atoms with Crippen molar-refractivity contribution in [2.75, 3.05) is 6.54 Å². The molecule has 1 saturated carbocycles. The van der Waals surface area contributed by atoms with Crippen LogP contribution in [0.2, 0.25) is 0 Å². The molecule has 110 valence electrons. The second kappa shape index (κ2) is 7.41. The van der Waals surface area contributed by atoms with Gasteiger partial charge in [0, 0.05) is 6.54 Å². The van der Waals surface area contributed by atoms with Crippen molar-refractivity contribution in [2.45, 2.75) is 44.8 Å². The van der Waals surface area contributed by atoms with Gasteiger partial charge in [0.1, 0.15) is 0 Å². The molecular weight excluding hydrogens is 254 g/mol. The molecule has 0 aromatic heterocycles. The van der Waals surface area contributed by atoms with Crippen LogP contribution in [0.1, 0.15) is 36.8 Å². The van der Waals surface area contributed by atoms with E-state index in [1.54, 1.807) is 0 Å². The zero-order valence-electron chi connectivity index (χ0n) is 11.7. The number of carboxylic acid groups (broad SMARTS) is 1. The quantitative estimate of drug-likeness (QED) is 0.743. The van der Waals surface area contributed by atoms with Crippen LogP contribution in [0.25, 0.3) is 0 Å². The fraction of sp³-hybridized carbons (Fsp3) is 0.562. The lowest BCUT2D eigenvalue weighted by Gasteiger charge is -2.26. The Morgan fingerprint density at radius 1 is 1.20 bits per heavy atom. The fourth-order valence-electron chi connectivity index (χ4n) is 2.82. The van der Waals surface area contributed by atoms with Gasteiger partial charge in [0.2, 0.25) is 0 Å². The van der Waals surface area contributed by atoms with Crippen LogP contribution in [0.15, 0.2) is 24.3 Å². The highest BCUT2D eigenvalue weighted by Gasteiger charge is 2.19. The van der Waals surface area contributed by atoms with Gasteiger partial charge < -0.3 is 15.5 Å². The zero-order chi connectivity index (χ0) is 14.4. The highest BCUT2D eigenvalue weighted by Crippen LogP contribution is 2.23. The first-order chi connectivity index (χ1) is 9.63. The summed E-state index contributed by atoms with van der Waals surface area (Å²) < 4.78 is 0. The predicted molar refractivity (Wildman–Crippen MR) is 77.5 cm³/mol. The van der Waals surface area contributed by atoms with Crippen molar-refractivity contribution < 1.29 is 15.0 Å². The summed E-state index contributed by atoms with van der Waals surface area (Å²) in [5.41, 5.74) is 1.99. The van der Waals surface area contributed by atoms with Gasteiger partial charge in [-0.15, -0.1) is 0 Å². The summed E-state index contributed by atoms with van der Waals surface area (Å²) in [6.07, 6.45) is 4.13. The molecule has 0 heterocycles. The number of aliphatic hydroxyl groups excluding tert-OH is 1. The number of carbonyl (C=O) groups is 1.